The molecule has 2 aromatic heterocycles. The Bertz CT molecular complexity index is 484. The van der Waals surface area contributed by atoms with Crippen LogP contribution in [0, 0.1) is 6.92 Å². The quantitative estimate of drug-likeness (QED) is 0.848. The molecule has 0 aliphatic carbocycles. The fourth-order valence-electron chi connectivity index (χ4n) is 1.38. The lowest BCUT2D eigenvalue weighted by molar-refractivity contribution is 0.844. The van der Waals surface area contributed by atoms with Gasteiger partial charge in [0, 0.05) is 11.6 Å². The molecule has 0 radical (unpaired) electrons. The van der Waals surface area contributed by atoms with E-state index in [0.717, 1.165) is 16.4 Å². The first-order chi connectivity index (χ1) is 7.66. The van der Waals surface area contributed by atoms with Crippen molar-refractivity contribution in [1.82, 2.24) is 9.97 Å². The summed E-state index contributed by atoms with van der Waals surface area (Å²) in [6.45, 7) is 4.05. The number of hydrogen-bond donors (Lipinski definition) is 1. The highest BCUT2D eigenvalue weighted by Crippen LogP contribution is 2.24. The van der Waals surface area contributed by atoms with Gasteiger partial charge in [-0.05, 0) is 26.0 Å². The van der Waals surface area contributed by atoms with Gasteiger partial charge in [0.1, 0.15) is 0 Å². The van der Waals surface area contributed by atoms with Gasteiger partial charge in [0.25, 0.3) is 0 Å². The van der Waals surface area contributed by atoms with E-state index in [0.29, 0.717) is 5.15 Å². The standard InChI is InChI=1S/C11H12ClN3S/c1-7(10-6-16-8(2)15-10)14-9-4-3-5-13-11(9)12/h3-7,14H,1-2H3. The summed E-state index contributed by atoms with van der Waals surface area (Å²) in [5.74, 6) is 0. The van der Waals surface area contributed by atoms with Gasteiger partial charge >= 0.3 is 0 Å². The van der Waals surface area contributed by atoms with Crippen LogP contribution in [0.1, 0.15) is 23.7 Å². The lowest BCUT2D eigenvalue weighted by Gasteiger charge is -2.13. The molecule has 3 nitrogen and oxygen atoms in total. The monoisotopic (exact) mass is 253 g/mol. The summed E-state index contributed by atoms with van der Waals surface area (Å²) < 4.78 is 0. The number of aryl methyl sites for hydroxylation is 1. The average molecular weight is 254 g/mol. The van der Waals surface area contributed by atoms with Crippen molar-refractivity contribution in [3.05, 3.63) is 39.6 Å². The van der Waals surface area contributed by atoms with Crippen LogP contribution in [0.15, 0.2) is 23.7 Å². The maximum absolute atomic E-state index is 5.97. The Labute approximate surface area is 104 Å². The summed E-state index contributed by atoms with van der Waals surface area (Å²) >= 11 is 7.62. The SMILES string of the molecule is Cc1nc(C(C)Nc2cccnc2Cl)cs1. The Balaban J connectivity index is 2.13. The number of nitrogens with one attached hydrogen (secondary N) is 1. The molecule has 0 aliphatic heterocycles. The number of thiazole rings is 1. The van der Waals surface area contributed by atoms with Crippen LogP contribution in [-0.2, 0) is 0 Å². The maximum atomic E-state index is 5.97. The molecule has 0 bridgehead atoms. The molecule has 0 saturated heterocycles. The molecule has 0 spiro atoms. The van der Waals surface area contributed by atoms with Crippen molar-refractivity contribution in [3.8, 4) is 0 Å². The van der Waals surface area contributed by atoms with Gasteiger partial charge < -0.3 is 5.32 Å². The minimum atomic E-state index is 0.131. The number of anilines is 1. The van der Waals surface area contributed by atoms with Gasteiger partial charge in [0.15, 0.2) is 5.15 Å². The molecular weight excluding hydrogens is 242 g/mol. The largest absolute Gasteiger partial charge is 0.374 e. The van der Waals surface area contributed by atoms with Crippen LogP contribution in [0.25, 0.3) is 0 Å². The topological polar surface area (TPSA) is 37.8 Å². The second-order valence-corrected chi connectivity index (χ2v) is 4.92. The highest BCUT2D eigenvalue weighted by atomic mass is 35.5. The van der Waals surface area contributed by atoms with Crippen LogP contribution in [0.2, 0.25) is 5.15 Å². The molecule has 0 aliphatic rings. The molecule has 2 heterocycles. The predicted molar refractivity (Wildman–Crippen MR) is 68.1 cm³/mol. The summed E-state index contributed by atoms with van der Waals surface area (Å²) in [5, 5.41) is 6.90. The molecule has 0 fully saturated rings. The zero-order chi connectivity index (χ0) is 11.5. The normalized spacial score (nSPS) is 12.4. The van der Waals surface area contributed by atoms with Crippen LogP contribution in [0.5, 0.6) is 0 Å². The fraction of sp³-hybridized carbons (Fsp3) is 0.273. The van der Waals surface area contributed by atoms with Gasteiger partial charge in [0.2, 0.25) is 0 Å². The van der Waals surface area contributed by atoms with Crippen molar-refractivity contribution in [3.63, 3.8) is 0 Å². The van der Waals surface area contributed by atoms with Crippen molar-refractivity contribution in [2.24, 2.45) is 0 Å². The lowest BCUT2D eigenvalue weighted by atomic mass is 10.2. The summed E-state index contributed by atoms with van der Waals surface area (Å²) in [6.07, 6.45) is 1.67. The molecule has 0 saturated carbocycles. The number of hydrogen-bond acceptors (Lipinski definition) is 4. The Hall–Kier alpha value is -1.13. The third kappa shape index (κ3) is 2.51. The molecule has 1 N–H and O–H groups in total. The van der Waals surface area contributed by atoms with Crippen molar-refractivity contribution in [2.75, 3.05) is 5.32 Å². The van der Waals surface area contributed by atoms with E-state index in [1.807, 2.05) is 19.1 Å². The molecule has 2 rings (SSSR count). The minimum Gasteiger partial charge on any atom is -0.374 e. The Morgan fingerprint density at radius 2 is 2.31 bits per heavy atom. The summed E-state index contributed by atoms with van der Waals surface area (Å²) in [5.41, 5.74) is 1.87. The third-order valence-electron chi connectivity index (χ3n) is 2.21. The first kappa shape index (κ1) is 11.4. The molecule has 1 unspecified atom stereocenters. The highest BCUT2D eigenvalue weighted by Gasteiger charge is 2.10. The number of pyridine rings is 1. The molecule has 0 aromatic carbocycles. The highest BCUT2D eigenvalue weighted by molar-refractivity contribution is 7.09. The van der Waals surface area contributed by atoms with E-state index in [-0.39, 0.29) is 6.04 Å². The summed E-state index contributed by atoms with van der Waals surface area (Å²) in [7, 11) is 0. The minimum absolute atomic E-state index is 0.131. The number of halogens is 1. The van der Waals surface area contributed by atoms with E-state index in [4.69, 9.17) is 11.6 Å². The average Bonchev–Trinajstić information content (AvgIpc) is 2.68. The van der Waals surface area contributed by atoms with Crippen LogP contribution in [-0.4, -0.2) is 9.97 Å². The van der Waals surface area contributed by atoms with E-state index in [1.54, 1.807) is 17.5 Å². The molecular formula is C11H12ClN3S. The summed E-state index contributed by atoms with van der Waals surface area (Å²) in [6, 6.07) is 3.89. The van der Waals surface area contributed by atoms with Crippen LogP contribution < -0.4 is 5.32 Å². The van der Waals surface area contributed by atoms with E-state index in [2.05, 4.69) is 27.6 Å². The molecule has 2 aromatic rings. The van der Waals surface area contributed by atoms with Crippen molar-refractivity contribution >= 4 is 28.6 Å². The van der Waals surface area contributed by atoms with Crippen LogP contribution >= 0.6 is 22.9 Å². The van der Waals surface area contributed by atoms with Crippen molar-refractivity contribution in [1.29, 1.82) is 0 Å². The van der Waals surface area contributed by atoms with Gasteiger partial charge in [0.05, 0.1) is 22.4 Å². The Kier molecular flexibility index (Phi) is 3.41. The van der Waals surface area contributed by atoms with Crippen LogP contribution in [0.3, 0.4) is 0 Å². The third-order valence-corrected chi connectivity index (χ3v) is 3.30. The van der Waals surface area contributed by atoms with Crippen molar-refractivity contribution < 1.29 is 0 Å². The smallest absolute Gasteiger partial charge is 0.152 e. The lowest BCUT2D eigenvalue weighted by Crippen LogP contribution is -2.07. The van der Waals surface area contributed by atoms with E-state index < -0.39 is 0 Å². The van der Waals surface area contributed by atoms with E-state index in [1.165, 1.54) is 0 Å². The van der Waals surface area contributed by atoms with Gasteiger partial charge in [-0.3, -0.25) is 0 Å². The fourth-order valence-corrected chi connectivity index (χ4v) is 2.26. The van der Waals surface area contributed by atoms with Gasteiger partial charge in [-0.2, -0.15) is 0 Å². The zero-order valence-corrected chi connectivity index (χ0v) is 10.6. The second-order valence-electron chi connectivity index (χ2n) is 3.50. The Morgan fingerprint density at radius 1 is 1.50 bits per heavy atom. The van der Waals surface area contributed by atoms with E-state index >= 15 is 0 Å². The zero-order valence-electron chi connectivity index (χ0n) is 9.07. The predicted octanol–water partition coefficient (Wildman–Crippen LogP) is 3.67. The van der Waals surface area contributed by atoms with E-state index in [9.17, 15) is 0 Å². The Morgan fingerprint density at radius 3 is 2.94 bits per heavy atom. The maximum Gasteiger partial charge on any atom is 0.152 e. The molecule has 16 heavy (non-hydrogen) atoms. The van der Waals surface area contributed by atoms with Gasteiger partial charge in [-0.25, -0.2) is 9.97 Å². The first-order valence-corrected chi connectivity index (χ1v) is 6.21. The number of rotatable bonds is 3. The second kappa shape index (κ2) is 4.80. The van der Waals surface area contributed by atoms with Gasteiger partial charge in [-0.15, -0.1) is 11.3 Å². The van der Waals surface area contributed by atoms with Crippen molar-refractivity contribution in [2.45, 2.75) is 19.9 Å². The number of nitrogens with zero attached hydrogens (tertiary/aromatic N) is 2. The first-order valence-electron chi connectivity index (χ1n) is 4.96. The molecule has 5 heteroatoms. The molecule has 0 amide bonds. The van der Waals surface area contributed by atoms with Crippen LogP contribution in [0.4, 0.5) is 5.69 Å². The molecule has 84 valence electrons. The molecule has 1 atom stereocenters. The number of aromatic nitrogens is 2. The van der Waals surface area contributed by atoms with Gasteiger partial charge in [-0.1, -0.05) is 11.6 Å². The summed E-state index contributed by atoms with van der Waals surface area (Å²) in [4.78, 5) is 8.45.